The second-order valence-corrected chi connectivity index (χ2v) is 10.4. The first-order chi connectivity index (χ1) is 15.1. The average molecular weight is 440 g/mol. The molecule has 2 aliphatic carbocycles. The van der Waals surface area contributed by atoms with E-state index >= 15 is 0 Å². The number of anilines is 1. The summed E-state index contributed by atoms with van der Waals surface area (Å²) < 4.78 is 2.31. The lowest BCUT2D eigenvalue weighted by Crippen LogP contribution is -2.35. The Bertz CT molecular complexity index is 932. The molecule has 1 amide bonds. The molecule has 2 heterocycles. The fourth-order valence-electron chi connectivity index (χ4n) is 4.98. The van der Waals surface area contributed by atoms with Gasteiger partial charge in [-0.2, -0.15) is 0 Å². The number of fused-ring (bicyclic) bond motifs is 1. The number of hydrogen-bond acceptors (Lipinski definition) is 5. The van der Waals surface area contributed by atoms with Crippen LogP contribution >= 0.6 is 11.8 Å². The van der Waals surface area contributed by atoms with Crippen LogP contribution in [0.1, 0.15) is 68.7 Å². The minimum Gasteiger partial charge on any atom is -0.341 e. The van der Waals surface area contributed by atoms with Gasteiger partial charge in [-0.3, -0.25) is 9.36 Å². The predicted octanol–water partition coefficient (Wildman–Crippen LogP) is 4.48. The summed E-state index contributed by atoms with van der Waals surface area (Å²) in [4.78, 5) is 17.4. The molecule has 166 valence electrons. The molecule has 0 radical (unpaired) electrons. The number of hydrogen-bond donors (Lipinski definition) is 0. The van der Waals surface area contributed by atoms with Gasteiger partial charge in [-0.15, -0.1) is 10.2 Å². The molecule has 0 bridgehead atoms. The highest BCUT2D eigenvalue weighted by Crippen LogP contribution is 2.41. The Balaban J connectivity index is 1.27. The fraction of sp³-hybridized carbons (Fsp3) is 0.625. The first kappa shape index (κ1) is 20.9. The van der Waals surface area contributed by atoms with Crippen LogP contribution in [-0.2, 0) is 11.2 Å². The van der Waals surface area contributed by atoms with E-state index in [-0.39, 0.29) is 11.9 Å². The molecule has 1 saturated heterocycles. The number of nitrogens with zero attached hydrogens (tertiary/aromatic N) is 5. The third-order valence-electron chi connectivity index (χ3n) is 7.15. The molecule has 1 aliphatic heterocycles. The van der Waals surface area contributed by atoms with E-state index in [4.69, 9.17) is 0 Å². The maximum absolute atomic E-state index is 13.1. The second kappa shape index (κ2) is 8.85. The van der Waals surface area contributed by atoms with Crippen molar-refractivity contribution in [3.63, 3.8) is 0 Å². The van der Waals surface area contributed by atoms with Crippen LogP contribution in [0.25, 0.3) is 0 Å². The summed E-state index contributed by atoms with van der Waals surface area (Å²) in [7, 11) is 1.96. The summed E-state index contributed by atoms with van der Waals surface area (Å²) in [6, 6.07) is 9.27. The first-order valence-electron chi connectivity index (χ1n) is 11.8. The number of benzene rings is 1. The third-order valence-corrected chi connectivity index (χ3v) is 8.08. The van der Waals surface area contributed by atoms with Gasteiger partial charge in [-0.25, -0.2) is 0 Å². The Kier molecular flexibility index (Phi) is 5.95. The topological polar surface area (TPSA) is 54.3 Å². The maximum Gasteiger partial charge on any atom is 0.233 e. The van der Waals surface area contributed by atoms with Crippen LogP contribution in [0, 0.1) is 5.92 Å². The Morgan fingerprint density at radius 2 is 1.90 bits per heavy atom. The molecule has 3 aliphatic rings. The number of amides is 1. The number of piperidine rings is 1. The molecule has 5 rings (SSSR count). The van der Waals surface area contributed by atoms with E-state index in [1.165, 1.54) is 36.8 Å². The highest BCUT2D eigenvalue weighted by atomic mass is 32.2. The normalized spacial score (nSPS) is 21.7. The van der Waals surface area contributed by atoms with Crippen LogP contribution in [0.5, 0.6) is 0 Å². The van der Waals surface area contributed by atoms with Crippen LogP contribution in [-0.4, -0.2) is 51.5 Å². The quantitative estimate of drug-likeness (QED) is 0.621. The van der Waals surface area contributed by atoms with Gasteiger partial charge in [-0.05, 0) is 62.0 Å². The molecule has 6 nitrogen and oxygen atoms in total. The van der Waals surface area contributed by atoms with E-state index in [2.05, 4.69) is 50.9 Å². The number of carbonyl (C=O) groups is 1. The van der Waals surface area contributed by atoms with Crippen molar-refractivity contribution in [2.45, 2.75) is 69.1 Å². The lowest BCUT2D eigenvalue weighted by molar-refractivity contribution is -0.129. The van der Waals surface area contributed by atoms with Crippen LogP contribution in [0.3, 0.4) is 0 Å². The summed E-state index contributed by atoms with van der Waals surface area (Å²) in [6.45, 7) is 4.44. The van der Waals surface area contributed by atoms with E-state index in [9.17, 15) is 4.79 Å². The van der Waals surface area contributed by atoms with Crippen LogP contribution < -0.4 is 4.90 Å². The van der Waals surface area contributed by atoms with Crippen molar-refractivity contribution in [3.8, 4) is 0 Å². The summed E-state index contributed by atoms with van der Waals surface area (Å²) in [5, 5.41) is 9.98. The largest absolute Gasteiger partial charge is 0.341 e. The number of rotatable bonds is 6. The minimum atomic E-state index is 0.172. The minimum absolute atomic E-state index is 0.172. The van der Waals surface area contributed by atoms with E-state index in [0.29, 0.717) is 11.8 Å². The molecule has 0 unspecified atom stereocenters. The Hall–Kier alpha value is -2.02. The Morgan fingerprint density at radius 1 is 1.13 bits per heavy atom. The van der Waals surface area contributed by atoms with Crippen molar-refractivity contribution in [3.05, 3.63) is 35.4 Å². The molecule has 1 saturated carbocycles. The molecule has 2 fully saturated rings. The monoisotopic (exact) mass is 439 g/mol. The zero-order chi connectivity index (χ0) is 21.4. The number of thioether (sulfide) groups is 1. The molecular formula is C24H33N5OS. The van der Waals surface area contributed by atoms with Crippen LogP contribution in [0.4, 0.5) is 5.95 Å². The standard InChI is InChI=1S/C24H33N5OS/c1-17-12-14-28(15-13-17)23-25-26-24(29(23)19-10-11-19)31-16-22(30)27(2)21-9-5-7-18-6-3-4-8-20(18)21/h3-4,6,8,17,19,21H,5,7,9-16H2,1-2H3/t21-/m1/s1. The lowest BCUT2D eigenvalue weighted by atomic mass is 9.87. The SMILES string of the molecule is CC1CCN(c2nnc(SCC(=O)N(C)[C@@H]3CCCc4ccccc43)n2C2CC2)CC1. The van der Waals surface area contributed by atoms with Gasteiger partial charge in [0.2, 0.25) is 11.9 Å². The molecule has 0 spiro atoms. The van der Waals surface area contributed by atoms with Crippen molar-refractivity contribution < 1.29 is 4.79 Å². The van der Waals surface area contributed by atoms with Gasteiger partial charge in [-0.1, -0.05) is 43.0 Å². The van der Waals surface area contributed by atoms with Gasteiger partial charge in [0.1, 0.15) is 0 Å². The van der Waals surface area contributed by atoms with Crippen molar-refractivity contribution >= 4 is 23.6 Å². The summed E-state index contributed by atoms with van der Waals surface area (Å²) in [6.07, 6.45) is 8.11. The summed E-state index contributed by atoms with van der Waals surface area (Å²) >= 11 is 1.55. The number of carbonyl (C=O) groups excluding carboxylic acids is 1. The van der Waals surface area contributed by atoms with Gasteiger partial charge in [0.15, 0.2) is 5.16 Å². The molecule has 1 aromatic carbocycles. The Morgan fingerprint density at radius 3 is 2.68 bits per heavy atom. The highest BCUT2D eigenvalue weighted by molar-refractivity contribution is 7.99. The zero-order valence-corrected chi connectivity index (χ0v) is 19.5. The number of aromatic nitrogens is 3. The molecule has 31 heavy (non-hydrogen) atoms. The number of aryl methyl sites for hydroxylation is 1. The lowest BCUT2D eigenvalue weighted by Gasteiger charge is -2.33. The first-order valence-corrected chi connectivity index (χ1v) is 12.8. The molecular weight excluding hydrogens is 406 g/mol. The van der Waals surface area contributed by atoms with Crippen molar-refractivity contribution in [1.29, 1.82) is 0 Å². The van der Waals surface area contributed by atoms with Crippen LogP contribution in [0.2, 0.25) is 0 Å². The van der Waals surface area contributed by atoms with Gasteiger partial charge in [0.05, 0.1) is 11.8 Å². The van der Waals surface area contributed by atoms with E-state index in [1.54, 1.807) is 11.8 Å². The van der Waals surface area contributed by atoms with Gasteiger partial charge < -0.3 is 9.80 Å². The summed E-state index contributed by atoms with van der Waals surface area (Å²) in [5.74, 6) is 2.39. The van der Waals surface area contributed by atoms with Crippen molar-refractivity contribution in [2.24, 2.45) is 5.92 Å². The smallest absolute Gasteiger partial charge is 0.233 e. The van der Waals surface area contributed by atoms with Gasteiger partial charge >= 0.3 is 0 Å². The Labute approximate surface area is 189 Å². The molecule has 1 atom stereocenters. The second-order valence-electron chi connectivity index (χ2n) is 9.45. The van der Waals surface area contributed by atoms with Gasteiger partial charge in [0, 0.05) is 26.2 Å². The maximum atomic E-state index is 13.1. The van der Waals surface area contributed by atoms with E-state index in [0.717, 1.165) is 49.4 Å². The van der Waals surface area contributed by atoms with Crippen molar-refractivity contribution in [2.75, 3.05) is 30.8 Å². The molecule has 7 heteroatoms. The van der Waals surface area contributed by atoms with E-state index in [1.807, 2.05) is 11.9 Å². The fourth-order valence-corrected chi connectivity index (χ4v) is 5.90. The highest BCUT2D eigenvalue weighted by Gasteiger charge is 2.33. The molecule has 1 aromatic heterocycles. The molecule has 0 N–H and O–H groups in total. The van der Waals surface area contributed by atoms with Gasteiger partial charge in [0.25, 0.3) is 0 Å². The summed E-state index contributed by atoms with van der Waals surface area (Å²) in [5.41, 5.74) is 2.71. The van der Waals surface area contributed by atoms with E-state index < -0.39 is 0 Å². The van der Waals surface area contributed by atoms with Crippen LogP contribution in [0.15, 0.2) is 29.4 Å². The third kappa shape index (κ3) is 4.34. The van der Waals surface area contributed by atoms with Crippen molar-refractivity contribution in [1.82, 2.24) is 19.7 Å². The molecule has 2 aromatic rings. The predicted molar refractivity (Wildman–Crippen MR) is 125 cm³/mol. The zero-order valence-electron chi connectivity index (χ0n) is 18.7. The average Bonchev–Trinajstić information content (AvgIpc) is 3.56.